The van der Waals surface area contributed by atoms with Crippen molar-refractivity contribution in [3.8, 4) is 0 Å². The molecule has 0 saturated heterocycles. The molecule has 2 N–H and O–H groups in total. The van der Waals surface area contributed by atoms with E-state index in [2.05, 4.69) is 38.1 Å². The molecule has 0 fully saturated rings. The lowest BCUT2D eigenvalue weighted by molar-refractivity contribution is 0.804. The molecule has 2 heteroatoms. The molecule has 0 aliphatic heterocycles. The van der Waals surface area contributed by atoms with Crippen LogP contribution in [0.1, 0.15) is 25.8 Å². The molecule has 72 valence electrons. The van der Waals surface area contributed by atoms with Gasteiger partial charge in [-0.15, -0.1) is 0 Å². The van der Waals surface area contributed by atoms with Gasteiger partial charge in [-0.05, 0) is 30.5 Å². The zero-order valence-corrected chi connectivity index (χ0v) is 8.46. The summed E-state index contributed by atoms with van der Waals surface area (Å²) in [5, 5.41) is 1.79. The molecule has 0 spiro atoms. The van der Waals surface area contributed by atoms with Gasteiger partial charge in [-0.25, -0.2) is 5.84 Å². The van der Waals surface area contributed by atoms with Crippen molar-refractivity contribution in [1.29, 1.82) is 0 Å². The monoisotopic (exact) mass is 178 g/mol. The lowest BCUT2D eigenvalue weighted by Gasteiger charge is -2.17. The first kappa shape index (κ1) is 10.1. The second-order valence-corrected chi connectivity index (χ2v) is 3.21. The van der Waals surface area contributed by atoms with Gasteiger partial charge in [-0.3, -0.25) is 0 Å². The van der Waals surface area contributed by atoms with Crippen LogP contribution in [0.5, 0.6) is 0 Å². The average Bonchev–Trinajstić information content (AvgIpc) is 2.18. The lowest BCUT2D eigenvalue weighted by Crippen LogP contribution is -2.31. The smallest absolute Gasteiger partial charge is 0.0517 e. The van der Waals surface area contributed by atoms with E-state index in [1.165, 1.54) is 5.56 Å². The van der Waals surface area contributed by atoms with E-state index < -0.39 is 0 Å². The van der Waals surface area contributed by atoms with Crippen molar-refractivity contribution in [2.45, 2.75) is 26.7 Å². The van der Waals surface area contributed by atoms with Gasteiger partial charge in [0, 0.05) is 6.54 Å². The van der Waals surface area contributed by atoms with Gasteiger partial charge in [0.05, 0.1) is 5.69 Å². The van der Waals surface area contributed by atoms with Crippen LogP contribution in [0.25, 0.3) is 0 Å². The molecular weight excluding hydrogens is 160 g/mol. The molecule has 13 heavy (non-hydrogen) atoms. The van der Waals surface area contributed by atoms with Crippen LogP contribution in [0.15, 0.2) is 24.3 Å². The summed E-state index contributed by atoms with van der Waals surface area (Å²) in [5.41, 5.74) is 2.45. The Labute approximate surface area is 80.3 Å². The molecule has 0 bridgehead atoms. The largest absolute Gasteiger partial charge is 0.311 e. The first-order valence-corrected chi connectivity index (χ1v) is 4.89. The molecule has 1 rings (SSSR count). The van der Waals surface area contributed by atoms with Crippen molar-refractivity contribution >= 4 is 5.69 Å². The summed E-state index contributed by atoms with van der Waals surface area (Å²) < 4.78 is 0. The van der Waals surface area contributed by atoms with Gasteiger partial charge in [-0.1, -0.05) is 26.0 Å². The molecule has 0 unspecified atom stereocenters. The third-order valence-electron chi connectivity index (χ3n) is 2.14. The summed E-state index contributed by atoms with van der Waals surface area (Å²) in [6.07, 6.45) is 2.16. The van der Waals surface area contributed by atoms with Crippen LogP contribution in [-0.2, 0) is 6.42 Å². The maximum Gasteiger partial charge on any atom is 0.0517 e. The van der Waals surface area contributed by atoms with Crippen LogP contribution < -0.4 is 10.9 Å². The highest BCUT2D eigenvalue weighted by Gasteiger charge is 1.98. The number of hydrogen-bond donors (Lipinski definition) is 1. The lowest BCUT2D eigenvalue weighted by atomic mass is 10.1. The van der Waals surface area contributed by atoms with Crippen molar-refractivity contribution in [2.75, 3.05) is 11.6 Å². The maximum atomic E-state index is 5.83. The van der Waals surface area contributed by atoms with Gasteiger partial charge in [-0.2, -0.15) is 0 Å². The van der Waals surface area contributed by atoms with Crippen LogP contribution in [0.4, 0.5) is 5.69 Å². The van der Waals surface area contributed by atoms with E-state index in [4.69, 9.17) is 5.84 Å². The highest BCUT2D eigenvalue weighted by molar-refractivity contribution is 5.45. The zero-order chi connectivity index (χ0) is 9.68. The number of benzene rings is 1. The van der Waals surface area contributed by atoms with E-state index in [-0.39, 0.29) is 0 Å². The average molecular weight is 178 g/mol. The number of anilines is 1. The van der Waals surface area contributed by atoms with E-state index in [9.17, 15) is 0 Å². The SMILES string of the molecule is CCCN(N)c1ccc(CC)cc1. The summed E-state index contributed by atoms with van der Waals surface area (Å²) in [6.45, 7) is 5.19. The van der Waals surface area contributed by atoms with Gasteiger partial charge in [0.1, 0.15) is 0 Å². The van der Waals surface area contributed by atoms with Crippen LogP contribution >= 0.6 is 0 Å². The minimum Gasteiger partial charge on any atom is -0.311 e. The third-order valence-corrected chi connectivity index (χ3v) is 2.14. The molecular formula is C11H18N2. The van der Waals surface area contributed by atoms with Gasteiger partial charge in [0.2, 0.25) is 0 Å². The van der Waals surface area contributed by atoms with E-state index in [1.54, 1.807) is 5.01 Å². The van der Waals surface area contributed by atoms with Crippen molar-refractivity contribution in [3.63, 3.8) is 0 Å². The van der Waals surface area contributed by atoms with Gasteiger partial charge in [0.25, 0.3) is 0 Å². The summed E-state index contributed by atoms with van der Waals surface area (Å²) in [7, 11) is 0. The fraction of sp³-hybridized carbons (Fsp3) is 0.455. The summed E-state index contributed by atoms with van der Waals surface area (Å²) >= 11 is 0. The van der Waals surface area contributed by atoms with E-state index >= 15 is 0 Å². The molecule has 0 radical (unpaired) electrons. The zero-order valence-electron chi connectivity index (χ0n) is 8.46. The summed E-state index contributed by atoms with van der Waals surface area (Å²) in [4.78, 5) is 0. The van der Waals surface area contributed by atoms with Crippen LogP contribution in [0.3, 0.4) is 0 Å². The molecule has 0 aromatic heterocycles. The summed E-state index contributed by atoms with van der Waals surface area (Å²) in [5.74, 6) is 5.83. The molecule has 0 heterocycles. The Bertz CT molecular complexity index is 241. The second kappa shape index (κ2) is 4.87. The van der Waals surface area contributed by atoms with Crippen molar-refractivity contribution < 1.29 is 0 Å². The number of hydrogen-bond acceptors (Lipinski definition) is 2. The van der Waals surface area contributed by atoms with Gasteiger partial charge in [0.15, 0.2) is 0 Å². The number of nitrogens with two attached hydrogens (primary N) is 1. The number of rotatable bonds is 4. The second-order valence-electron chi connectivity index (χ2n) is 3.21. The van der Waals surface area contributed by atoms with Crippen LogP contribution in [0, 0.1) is 0 Å². The highest BCUT2D eigenvalue weighted by atomic mass is 15.4. The molecule has 0 aliphatic rings. The molecule has 0 aliphatic carbocycles. The van der Waals surface area contributed by atoms with Crippen molar-refractivity contribution in [2.24, 2.45) is 5.84 Å². The minimum atomic E-state index is 0.908. The minimum absolute atomic E-state index is 0.908. The standard InChI is InChI=1S/C11H18N2/c1-3-9-13(12)11-7-5-10(4-2)6-8-11/h5-8H,3-4,9,12H2,1-2H3. The molecule has 0 saturated carbocycles. The fourth-order valence-electron chi connectivity index (χ4n) is 1.29. The van der Waals surface area contributed by atoms with Gasteiger partial charge < -0.3 is 5.01 Å². The van der Waals surface area contributed by atoms with Gasteiger partial charge >= 0.3 is 0 Å². The first-order chi connectivity index (χ1) is 6.27. The number of aryl methyl sites for hydroxylation is 1. The first-order valence-electron chi connectivity index (χ1n) is 4.89. The molecule has 1 aromatic rings. The third kappa shape index (κ3) is 2.74. The number of nitrogens with zero attached hydrogens (tertiary/aromatic N) is 1. The van der Waals surface area contributed by atoms with E-state index in [1.807, 2.05) is 0 Å². The van der Waals surface area contributed by atoms with Crippen LogP contribution in [-0.4, -0.2) is 6.54 Å². The highest BCUT2D eigenvalue weighted by Crippen LogP contribution is 2.12. The Hall–Kier alpha value is -1.02. The number of hydrazine groups is 1. The Morgan fingerprint density at radius 2 is 1.77 bits per heavy atom. The fourth-order valence-corrected chi connectivity index (χ4v) is 1.29. The molecule has 0 amide bonds. The van der Waals surface area contributed by atoms with E-state index in [0.717, 1.165) is 25.1 Å². The predicted molar refractivity (Wildman–Crippen MR) is 57.6 cm³/mol. The predicted octanol–water partition coefficient (Wildman–Crippen LogP) is 2.34. The topological polar surface area (TPSA) is 29.3 Å². The van der Waals surface area contributed by atoms with Crippen LogP contribution in [0.2, 0.25) is 0 Å². The molecule has 2 nitrogen and oxygen atoms in total. The Kier molecular flexibility index (Phi) is 3.77. The van der Waals surface area contributed by atoms with Crippen molar-refractivity contribution in [3.05, 3.63) is 29.8 Å². The van der Waals surface area contributed by atoms with E-state index in [0.29, 0.717) is 0 Å². The Morgan fingerprint density at radius 1 is 1.15 bits per heavy atom. The normalized spacial score (nSPS) is 10.1. The molecule has 1 aromatic carbocycles. The summed E-state index contributed by atoms with van der Waals surface area (Å²) in [6, 6.07) is 8.42. The quantitative estimate of drug-likeness (QED) is 0.566. The maximum absolute atomic E-state index is 5.83. The van der Waals surface area contributed by atoms with Crippen molar-refractivity contribution in [1.82, 2.24) is 0 Å². The Balaban J connectivity index is 2.67. The Morgan fingerprint density at radius 3 is 2.23 bits per heavy atom. The molecule has 0 atom stereocenters.